The Bertz CT molecular complexity index is 575. The molecule has 0 atom stereocenters. The summed E-state index contributed by atoms with van der Waals surface area (Å²) >= 11 is 0. The van der Waals surface area contributed by atoms with E-state index in [1.165, 1.54) is 25.7 Å². The number of hydrogen-bond donors (Lipinski definition) is 1. The summed E-state index contributed by atoms with van der Waals surface area (Å²) < 4.78 is 2.04. The average Bonchev–Trinajstić information content (AvgIpc) is 2.71. The second-order valence-electron chi connectivity index (χ2n) is 5.59. The zero-order chi connectivity index (χ0) is 14.5. The molecule has 21 heavy (non-hydrogen) atoms. The largest absolute Gasteiger partial charge is 0.370 e. The van der Waals surface area contributed by atoms with Crippen LogP contribution >= 0.6 is 0 Å². The second-order valence-corrected chi connectivity index (χ2v) is 5.59. The lowest BCUT2D eigenvalue weighted by Gasteiger charge is -2.20. The van der Waals surface area contributed by atoms with Crippen molar-refractivity contribution in [2.45, 2.75) is 32.1 Å². The van der Waals surface area contributed by atoms with E-state index < -0.39 is 0 Å². The second kappa shape index (κ2) is 6.61. The van der Waals surface area contributed by atoms with E-state index in [0.717, 1.165) is 30.9 Å². The number of rotatable bonds is 3. The standard InChI is InChI=1S/C16H23N5/c17-16(20-10-4-1-2-5-11-20)18-9-8-14-13-21-12-6-3-7-15(21)19-14/h3,6-7,12-13H,1-2,4-5,8-11H2,(H2,17,18). The van der Waals surface area contributed by atoms with Gasteiger partial charge in [-0.2, -0.15) is 0 Å². The van der Waals surface area contributed by atoms with Crippen LogP contribution in [0.25, 0.3) is 5.65 Å². The number of guanidine groups is 1. The van der Waals surface area contributed by atoms with Crippen molar-refractivity contribution in [3.05, 3.63) is 36.3 Å². The van der Waals surface area contributed by atoms with Crippen molar-refractivity contribution in [2.24, 2.45) is 10.7 Å². The Kier molecular flexibility index (Phi) is 4.38. The molecule has 0 radical (unpaired) electrons. The van der Waals surface area contributed by atoms with E-state index in [1.807, 2.05) is 28.8 Å². The number of hydrogen-bond acceptors (Lipinski definition) is 2. The first-order chi connectivity index (χ1) is 10.3. The summed E-state index contributed by atoms with van der Waals surface area (Å²) in [6.07, 6.45) is 9.98. The minimum atomic E-state index is 0.695. The van der Waals surface area contributed by atoms with E-state index in [4.69, 9.17) is 5.73 Å². The monoisotopic (exact) mass is 285 g/mol. The minimum absolute atomic E-state index is 0.695. The lowest BCUT2D eigenvalue weighted by molar-refractivity contribution is 0.428. The first-order valence-corrected chi connectivity index (χ1v) is 7.80. The minimum Gasteiger partial charge on any atom is -0.370 e. The molecule has 0 amide bonds. The first-order valence-electron chi connectivity index (χ1n) is 7.80. The number of likely N-dealkylation sites (tertiary alicyclic amines) is 1. The van der Waals surface area contributed by atoms with Gasteiger partial charge in [-0.25, -0.2) is 4.98 Å². The van der Waals surface area contributed by atoms with Gasteiger partial charge in [0.2, 0.25) is 0 Å². The maximum Gasteiger partial charge on any atom is 0.191 e. The van der Waals surface area contributed by atoms with Gasteiger partial charge in [-0.3, -0.25) is 4.99 Å². The summed E-state index contributed by atoms with van der Waals surface area (Å²) in [6.45, 7) is 2.79. The molecule has 2 aromatic rings. The molecule has 1 aliphatic rings. The zero-order valence-electron chi connectivity index (χ0n) is 12.4. The van der Waals surface area contributed by atoms with Gasteiger partial charge in [-0.05, 0) is 25.0 Å². The third-order valence-corrected chi connectivity index (χ3v) is 3.99. The van der Waals surface area contributed by atoms with Crippen LogP contribution < -0.4 is 5.73 Å². The molecule has 1 aliphatic heterocycles. The van der Waals surface area contributed by atoms with Crippen LogP contribution in [0.3, 0.4) is 0 Å². The highest BCUT2D eigenvalue weighted by molar-refractivity contribution is 5.78. The number of aliphatic imine (C=N–C) groups is 1. The van der Waals surface area contributed by atoms with Gasteiger partial charge in [0, 0.05) is 38.4 Å². The molecule has 2 aromatic heterocycles. The third kappa shape index (κ3) is 3.54. The number of fused-ring (bicyclic) bond motifs is 1. The highest BCUT2D eigenvalue weighted by Gasteiger charge is 2.10. The van der Waals surface area contributed by atoms with Gasteiger partial charge in [0.05, 0.1) is 5.69 Å². The Morgan fingerprint density at radius 3 is 2.76 bits per heavy atom. The van der Waals surface area contributed by atoms with Gasteiger partial charge in [-0.1, -0.05) is 18.9 Å². The Morgan fingerprint density at radius 1 is 1.19 bits per heavy atom. The molecule has 2 N–H and O–H groups in total. The van der Waals surface area contributed by atoms with E-state index in [2.05, 4.69) is 21.1 Å². The zero-order valence-corrected chi connectivity index (χ0v) is 12.4. The van der Waals surface area contributed by atoms with E-state index in [-0.39, 0.29) is 0 Å². The summed E-state index contributed by atoms with van der Waals surface area (Å²) in [5.74, 6) is 0.695. The van der Waals surface area contributed by atoms with E-state index in [0.29, 0.717) is 12.5 Å². The van der Waals surface area contributed by atoms with Crippen molar-refractivity contribution in [3.8, 4) is 0 Å². The van der Waals surface area contributed by atoms with Crippen LogP contribution in [-0.2, 0) is 6.42 Å². The van der Waals surface area contributed by atoms with Crippen molar-refractivity contribution >= 4 is 11.6 Å². The Hall–Kier alpha value is -2.04. The Balaban J connectivity index is 1.57. The molecule has 5 nitrogen and oxygen atoms in total. The number of nitrogens with two attached hydrogens (primary N) is 1. The van der Waals surface area contributed by atoms with Crippen molar-refractivity contribution in [2.75, 3.05) is 19.6 Å². The molecule has 112 valence electrons. The van der Waals surface area contributed by atoms with Gasteiger partial charge in [-0.15, -0.1) is 0 Å². The van der Waals surface area contributed by atoms with Crippen LogP contribution in [0, 0.1) is 0 Å². The molecule has 5 heteroatoms. The SMILES string of the molecule is NC(=NCCc1cn2ccccc2n1)N1CCCCCC1. The highest BCUT2D eigenvalue weighted by atomic mass is 15.2. The predicted octanol–water partition coefficient (Wildman–Crippen LogP) is 2.07. The highest BCUT2D eigenvalue weighted by Crippen LogP contribution is 2.09. The molecule has 0 saturated carbocycles. The number of aromatic nitrogens is 2. The molecular weight excluding hydrogens is 262 g/mol. The fourth-order valence-electron chi connectivity index (χ4n) is 2.79. The molecular formula is C16H23N5. The van der Waals surface area contributed by atoms with E-state index in [9.17, 15) is 0 Å². The van der Waals surface area contributed by atoms with Crippen molar-refractivity contribution in [1.29, 1.82) is 0 Å². The number of nitrogens with zero attached hydrogens (tertiary/aromatic N) is 4. The van der Waals surface area contributed by atoms with Gasteiger partial charge in [0.15, 0.2) is 5.96 Å². The van der Waals surface area contributed by atoms with Gasteiger partial charge in [0.25, 0.3) is 0 Å². The van der Waals surface area contributed by atoms with Gasteiger partial charge in [0.1, 0.15) is 5.65 Å². The average molecular weight is 285 g/mol. The summed E-state index contributed by atoms with van der Waals surface area (Å²) in [5, 5.41) is 0. The van der Waals surface area contributed by atoms with Crippen LogP contribution in [0.1, 0.15) is 31.4 Å². The molecule has 0 aromatic carbocycles. The summed E-state index contributed by atoms with van der Waals surface area (Å²) in [7, 11) is 0. The molecule has 1 fully saturated rings. The maximum atomic E-state index is 6.11. The van der Waals surface area contributed by atoms with Gasteiger partial charge >= 0.3 is 0 Å². The molecule has 0 spiro atoms. The molecule has 0 aliphatic carbocycles. The summed E-state index contributed by atoms with van der Waals surface area (Å²) in [6, 6.07) is 6.02. The van der Waals surface area contributed by atoms with Crippen molar-refractivity contribution in [3.63, 3.8) is 0 Å². The Morgan fingerprint density at radius 2 is 2.00 bits per heavy atom. The lowest BCUT2D eigenvalue weighted by Crippen LogP contribution is -2.38. The Labute approximate surface area is 125 Å². The third-order valence-electron chi connectivity index (χ3n) is 3.99. The van der Waals surface area contributed by atoms with Crippen LogP contribution in [0.4, 0.5) is 0 Å². The fourth-order valence-corrected chi connectivity index (χ4v) is 2.79. The number of pyridine rings is 1. The molecule has 0 unspecified atom stereocenters. The van der Waals surface area contributed by atoms with Crippen molar-refractivity contribution in [1.82, 2.24) is 14.3 Å². The van der Waals surface area contributed by atoms with Crippen LogP contribution in [0.5, 0.6) is 0 Å². The summed E-state index contributed by atoms with van der Waals surface area (Å²) in [5.41, 5.74) is 8.15. The van der Waals surface area contributed by atoms with Crippen LogP contribution in [0.2, 0.25) is 0 Å². The van der Waals surface area contributed by atoms with Crippen molar-refractivity contribution < 1.29 is 0 Å². The quantitative estimate of drug-likeness (QED) is 0.694. The van der Waals surface area contributed by atoms with Crippen LogP contribution in [0.15, 0.2) is 35.6 Å². The lowest BCUT2D eigenvalue weighted by atomic mass is 10.2. The topological polar surface area (TPSA) is 58.9 Å². The fraction of sp³-hybridized carbons (Fsp3) is 0.500. The van der Waals surface area contributed by atoms with Gasteiger partial charge < -0.3 is 15.0 Å². The summed E-state index contributed by atoms with van der Waals surface area (Å²) in [4.78, 5) is 11.3. The molecule has 0 bridgehead atoms. The molecule has 3 heterocycles. The van der Waals surface area contributed by atoms with E-state index >= 15 is 0 Å². The maximum absolute atomic E-state index is 6.11. The normalized spacial score (nSPS) is 17.1. The smallest absolute Gasteiger partial charge is 0.191 e. The van der Waals surface area contributed by atoms with Crippen LogP contribution in [-0.4, -0.2) is 39.9 Å². The molecule has 3 rings (SSSR count). The first kappa shape index (κ1) is 13.9. The predicted molar refractivity (Wildman–Crippen MR) is 85.4 cm³/mol. The number of imidazole rings is 1. The van der Waals surface area contributed by atoms with E-state index in [1.54, 1.807) is 0 Å². The molecule has 1 saturated heterocycles.